The first-order chi connectivity index (χ1) is 45.3. The molecule has 1 aliphatic rings. The smallest absolute Gasteiger partial charge is 0.220 e. The van der Waals surface area contributed by atoms with E-state index in [4.69, 9.17) is 9.47 Å². The van der Waals surface area contributed by atoms with E-state index in [1.54, 1.807) is 6.08 Å². The third-order valence-electron chi connectivity index (χ3n) is 19.3. The van der Waals surface area contributed by atoms with Crippen LogP contribution >= 0.6 is 0 Å². The molecule has 0 saturated carbocycles. The van der Waals surface area contributed by atoms with E-state index in [-0.39, 0.29) is 12.5 Å². The Kier molecular flexibility index (Phi) is 68.5. The van der Waals surface area contributed by atoms with E-state index in [1.807, 2.05) is 6.08 Å². The van der Waals surface area contributed by atoms with Gasteiger partial charge < -0.3 is 40.3 Å². The van der Waals surface area contributed by atoms with E-state index < -0.39 is 49.5 Å². The van der Waals surface area contributed by atoms with E-state index in [0.717, 1.165) is 51.4 Å². The minimum atomic E-state index is -1.58. The average molecular weight is 1300 g/mol. The highest BCUT2D eigenvalue weighted by Gasteiger charge is 2.44. The number of carbonyl (C=O) groups is 1. The zero-order valence-corrected chi connectivity index (χ0v) is 60.8. The third-order valence-corrected chi connectivity index (χ3v) is 19.3. The molecule has 0 aliphatic carbocycles. The molecule has 0 aromatic rings. The number of nitrogens with one attached hydrogen (secondary N) is 1. The third kappa shape index (κ3) is 59.2. The molecule has 0 spiro atoms. The van der Waals surface area contributed by atoms with Crippen molar-refractivity contribution in [3.05, 3.63) is 60.8 Å². The van der Waals surface area contributed by atoms with Crippen LogP contribution in [0.25, 0.3) is 0 Å². The van der Waals surface area contributed by atoms with Gasteiger partial charge >= 0.3 is 0 Å². The average Bonchev–Trinajstić information content (AvgIpc) is 1.45. The molecule has 0 bridgehead atoms. The zero-order chi connectivity index (χ0) is 66.4. The van der Waals surface area contributed by atoms with E-state index in [0.29, 0.717) is 6.42 Å². The fraction of sp³-hybridized carbons (Fsp3) is 0.867. The molecule has 1 fully saturated rings. The van der Waals surface area contributed by atoms with Crippen LogP contribution in [0.4, 0.5) is 0 Å². The number of aliphatic hydroxyl groups is 5. The lowest BCUT2D eigenvalue weighted by atomic mass is 9.99. The lowest BCUT2D eigenvalue weighted by molar-refractivity contribution is -0.302. The van der Waals surface area contributed by atoms with Crippen LogP contribution in [0, 0.1) is 0 Å². The van der Waals surface area contributed by atoms with Crippen LogP contribution in [-0.4, -0.2) is 87.5 Å². The summed E-state index contributed by atoms with van der Waals surface area (Å²) in [6.07, 6.45) is 93.9. The van der Waals surface area contributed by atoms with Gasteiger partial charge in [-0.25, -0.2) is 0 Å². The van der Waals surface area contributed by atoms with Crippen molar-refractivity contribution >= 4 is 5.91 Å². The molecule has 540 valence electrons. The van der Waals surface area contributed by atoms with Crippen molar-refractivity contribution in [2.24, 2.45) is 0 Å². The summed E-state index contributed by atoms with van der Waals surface area (Å²) in [7, 11) is 0. The summed E-state index contributed by atoms with van der Waals surface area (Å²) in [6.45, 7) is 3.80. The maximum absolute atomic E-state index is 13.2. The molecule has 7 atom stereocenters. The van der Waals surface area contributed by atoms with Gasteiger partial charge in [-0.1, -0.05) is 383 Å². The maximum Gasteiger partial charge on any atom is 0.220 e. The second-order valence-corrected chi connectivity index (χ2v) is 28.2. The first-order valence-electron chi connectivity index (χ1n) is 40.5. The van der Waals surface area contributed by atoms with Gasteiger partial charge in [-0.3, -0.25) is 4.79 Å². The van der Waals surface area contributed by atoms with Crippen molar-refractivity contribution < 1.29 is 39.8 Å². The molecular formula is C83H155NO8. The van der Waals surface area contributed by atoms with E-state index in [9.17, 15) is 30.3 Å². The van der Waals surface area contributed by atoms with Crippen molar-refractivity contribution in [1.29, 1.82) is 0 Å². The van der Waals surface area contributed by atoms with Gasteiger partial charge in [0.05, 0.1) is 25.4 Å². The van der Waals surface area contributed by atoms with Gasteiger partial charge in [0.25, 0.3) is 0 Å². The minimum Gasteiger partial charge on any atom is -0.394 e. The Morgan fingerprint density at radius 1 is 0.370 bits per heavy atom. The van der Waals surface area contributed by atoms with Crippen molar-refractivity contribution in [1.82, 2.24) is 5.32 Å². The molecule has 0 radical (unpaired) electrons. The molecule has 1 saturated heterocycles. The molecule has 1 rings (SSSR count). The van der Waals surface area contributed by atoms with E-state index in [1.165, 1.54) is 334 Å². The number of rotatable bonds is 72. The Balaban J connectivity index is 2.07. The van der Waals surface area contributed by atoms with Crippen molar-refractivity contribution in [3.63, 3.8) is 0 Å². The molecule has 9 nitrogen and oxygen atoms in total. The SMILES string of the molecule is CCCCCCC/C=C\C/C=C\CCCCCCCCCCCCCCCCCCCCCCCCCCCCCC(=O)NC(COC1OC(CO)C(O)C(O)C1O)C(O)/C=C/CC/C=C/CC/C=C/CCCCCCCCCCCCCCCCCCCCCC. The maximum atomic E-state index is 13.2. The predicted octanol–water partition coefficient (Wildman–Crippen LogP) is 23.3. The van der Waals surface area contributed by atoms with Crippen LogP contribution in [-0.2, 0) is 14.3 Å². The molecular weight excluding hydrogens is 1140 g/mol. The van der Waals surface area contributed by atoms with Crippen LogP contribution < -0.4 is 5.32 Å². The Hall–Kier alpha value is -2.11. The molecule has 9 heteroatoms. The lowest BCUT2D eigenvalue weighted by Gasteiger charge is -2.40. The fourth-order valence-corrected chi connectivity index (χ4v) is 13.0. The van der Waals surface area contributed by atoms with E-state index in [2.05, 4.69) is 67.8 Å². The first kappa shape index (κ1) is 87.9. The first-order valence-corrected chi connectivity index (χ1v) is 40.5. The topological polar surface area (TPSA) is 149 Å². The summed E-state index contributed by atoms with van der Waals surface area (Å²) in [6, 6.07) is -0.831. The number of allylic oxidation sites excluding steroid dienone is 9. The molecule has 0 aromatic carbocycles. The molecule has 0 aromatic heterocycles. The van der Waals surface area contributed by atoms with Crippen molar-refractivity contribution in [3.8, 4) is 0 Å². The number of amides is 1. The van der Waals surface area contributed by atoms with Crippen LogP contribution in [0.1, 0.15) is 406 Å². The zero-order valence-electron chi connectivity index (χ0n) is 60.8. The molecule has 1 amide bonds. The summed E-state index contributed by atoms with van der Waals surface area (Å²) in [5.41, 5.74) is 0. The predicted molar refractivity (Wildman–Crippen MR) is 396 cm³/mol. The van der Waals surface area contributed by atoms with Gasteiger partial charge in [0, 0.05) is 6.42 Å². The molecule has 92 heavy (non-hydrogen) atoms. The van der Waals surface area contributed by atoms with Gasteiger partial charge in [0.15, 0.2) is 6.29 Å². The molecule has 1 aliphatic heterocycles. The van der Waals surface area contributed by atoms with Gasteiger partial charge in [-0.2, -0.15) is 0 Å². The lowest BCUT2D eigenvalue weighted by Crippen LogP contribution is -2.60. The number of hydrogen-bond acceptors (Lipinski definition) is 8. The summed E-state index contributed by atoms with van der Waals surface area (Å²) in [5, 5.41) is 54.9. The highest BCUT2D eigenvalue weighted by atomic mass is 16.7. The Morgan fingerprint density at radius 2 is 0.652 bits per heavy atom. The minimum absolute atomic E-state index is 0.183. The second-order valence-electron chi connectivity index (χ2n) is 28.2. The molecule has 6 N–H and O–H groups in total. The van der Waals surface area contributed by atoms with Crippen LogP contribution in [0.15, 0.2) is 60.8 Å². The highest BCUT2D eigenvalue weighted by molar-refractivity contribution is 5.76. The van der Waals surface area contributed by atoms with Crippen LogP contribution in [0.2, 0.25) is 0 Å². The van der Waals surface area contributed by atoms with Gasteiger partial charge in [0.1, 0.15) is 24.4 Å². The fourth-order valence-electron chi connectivity index (χ4n) is 13.0. The molecule has 7 unspecified atom stereocenters. The van der Waals surface area contributed by atoms with Crippen LogP contribution in [0.3, 0.4) is 0 Å². The second kappa shape index (κ2) is 71.7. The summed E-state index contributed by atoms with van der Waals surface area (Å²) in [5.74, 6) is -0.183. The Morgan fingerprint density at radius 3 is 0.978 bits per heavy atom. The number of hydrogen-bond donors (Lipinski definition) is 6. The Labute approximate surface area is 570 Å². The standard InChI is InChI=1S/C83H155NO8/c1-3-5-7-9-11-13-15-17-19-21-23-25-27-29-31-33-35-36-37-38-39-40-41-42-43-45-47-49-51-53-55-57-59-61-63-65-67-69-71-73-79(87)84-76(75-91-83-82(90)81(89)80(88)78(74-85)92-83)77(86)72-70-68-66-64-62-60-58-56-54-52-50-48-46-44-34-32-30-28-26-24-22-20-18-16-14-12-10-8-6-4-2/h15,17,21,23,54,56,62,64,70,72,76-78,80-83,85-86,88-90H,3-14,16,18-20,22,24-53,55,57-61,63,65-69,71,73-75H2,1-2H3,(H,84,87)/b17-15-,23-21-,56-54+,64-62+,72-70+. The molecule has 1 heterocycles. The highest BCUT2D eigenvalue weighted by Crippen LogP contribution is 2.24. The largest absolute Gasteiger partial charge is 0.394 e. The van der Waals surface area contributed by atoms with Crippen LogP contribution in [0.5, 0.6) is 0 Å². The Bertz CT molecular complexity index is 1650. The number of aliphatic hydroxyl groups excluding tert-OH is 5. The van der Waals surface area contributed by atoms with Gasteiger partial charge in [0.2, 0.25) is 5.91 Å². The number of carbonyl (C=O) groups excluding carboxylic acids is 1. The van der Waals surface area contributed by atoms with Crippen molar-refractivity contribution in [2.75, 3.05) is 13.2 Å². The number of ether oxygens (including phenoxy) is 2. The number of unbranched alkanes of at least 4 members (excludes halogenated alkanes) is 54. The quantitative estimate of drug-likeness (QED) is 0.0261. The monoisotopic (exact) mass is 1290 g/mol. The summed E-state index contributed by atoms with van der Waals surface area (Å²) >= 11 is 0. The van der Waals surface area contributed by atoms with Gasteiger partial charge in [-0.15, -0.1) is 0 Å². The summed E-state index contributed by atoms with van der Waals surface area (Å²) < 4.78 is 11.3. The van der Waals surface area contributed by atoms with Gasteiger partial charge in [-0.05, 0) is 77.0 Å². The normalized spacial score (nSPS) is 17.9. The van der Waals surface area contributed by atoms with E-state index >= 15 is 0 Å². The summed E-state index contributed by atoms with van der Waals surface area (Å²) in [4.78, 5) is 13.2. The van der Waals surface area contributed by atoms with Crippen molar-refractivity contribution in [2.45, 2.75) is 448 Å².